The highest BCUT2D eigenvalue weighted by Gasteiger charge is 2.36. The quantitative estimate of drug-likeness (QED) is 0.353. The lowest BCUT2D eigenvalue weighted by molar-refractivity contribution is 0.288. The van der Waals surface area contributed by atoms with Gasteiger partial charge in [-0.2, -0.15) is 12.6 Å². The fourth-order valence-electron chi connectivity index (χ4n) is 0.896. The first kappa shape index (κ1) is 13.0. The molecular weight excluding hydrogens is 281 g/mol. The molecule has 0 atom stereocenters. The Balaban J connectivity index is 4.44. The van der Waals surface area contributed by atoms with Gasteiger partial charge in [0.15, 0.2) is 0 Å². The van der Waals surface area contributed by atoms with E-state index in [0.717, 1.165) is 0 Å². The van der Waals surface area contributed by atoms with Gasteiger partial charge in [0.25, 0.3) is 0 Å². The molecule has 0 unspecified atom stereocenters. The summed E-state index contributed by atoms with van der Waals surface area (Å²) in [7, 11) is 0. The summed E-state index contributed by atoms with van der Waals surface area (Å²) < 4.78 is 0.0939. The maximum Gasteiger partial charge on any atom is 0.0652 e. The first-order chi connectivity index (χ1) is 4.96. The smallest absolute Gasteiger partial charge is 0.0652 e. The molecule has 0 radical (unpaired) electrons. The Morgan fingerprint density at radius 3 is 1.42 bits per heavy atom. The lowest BCUT2D eigenvalue weighted by Crippen LogP contribution is -2.58. The second kappa shape index (κ2) is 3.65. The van der Waals surface area contributed by atoms with Crippen LogP contribution in [0.15, 0.2) is 0 Å². The summed E-state index contributed by atoms with van der Waals surface area (Å²) in [6.07, 6.45) is 0. The fourth-order valence-corrected chi connectivity index (χ4v) is 1.63. The Morgan fingerprint density at radius 2 is 1.33 bits per heavy atom. The van der Waals surface area contributed by atoms with Crippen molar-refractivity contribution >= 4 is 35.2 Å². The summed E-state index contributed by atoms with van der Waals surface area (Å²) in [5, 5.41) is 3.55. The van der Waals surface area contributed by atoms with Gasteiger partial charge in [-0.25, -0.2) is 0 Å². The lowest BCUT2D eigenvalue weighted by atomic mass is 9.89. The summed E-state index contributed by atoms with van der Waals surface area (Å²) in [5.74, 6) is 0. The zero-order valence-electron chi connectivity index (χ0n) is 8.83. The maximum atomic E-state index is 4.58. The topological polar surface area (TPSA) is 12.0 Å². The van der Waals surface area contributed by atoms with Crippen LogP contribution in [-0.2, 0) is 0 Å². The predicted molar refractivity (Wildman–Crippen MR) is 68.4 cm³/mol. The third-order valence-electron chi connectivity index (χ3n) is 2.14. The number of hydrogen-bond donors (Lipinski definition) is 2. The SMILES string of the molecule is CC(C)(I)NC(C)(C)C(C)(C)S. The minimum Gasteiger partial charge on any atom is -0.297 e. The second-order valence-electron chi connectivity index (χ2n) is 4.78. The van der Waals surface area contributed by atoms with Crippen molar-refractivity contribution in [2.45, 2.75) is 55.4 Å². The van der Waals surface area contributed by atoms with E-state index < -0.39 is 0 Å². The molecule has 1 N–H and O–H groups in total. The number of thiol groups is 1. The van der Waals surface area contributed by atoms with Gasteiger partial charge in [0.1, 0.15) is 0 Å². The standard InChI is InChI=1S/C9H20INS/c1-7(2,8(3,4)12)11-9(5,6)10/h11-12H,1-6H3. The van der Waals surface area contributed by atoms with Crippen molar-refractivity contribution < 1.29 is 0 Å². The van der Waals surface area contributed by atoms with E-state index in [-0.39, 0.29) is 13.8 Å². The minimum absolute atomic E-state index is 0.0184. The van der Waals surface area contributed by atoms with Gasteiger partial charge in [0.2, 0.25) is 0 Å². The highest BCUT2D eigenvalue weighted by molar-refractivity contribution is 14.1. The number of halogens is 1. The molecule has 0 saturated carbocycles. The van der Waals surface area contributed by atoms with Crippen molar-refractivity contribution in [1.82, 2.24) is 5.32 Å². The molecule has 0 aromatic heterocycles. The fraction of sp³-hybridized carbons (Fsp3) is 1.00. The summed E-state index contributed by atoms with van der Waals surface area (Å²) in [6, 6.07) is 0. The van der Waals surface area contributed by atoms with Crippen molar-refractivity contribution in [2.24, 2.45) is 0 Å². The normalized spacial score (nSPS) is 15.0. The zero-order valence-corrected chi connectivity index (χ0v) is 11.9. The van der Waals surface area contributed by atoms with Gasteiger partial charge in [-0.05, 0) is 41.5 Å². The lowest BCUT2D eigenvalue weighted by Gasteiger charge is -2.43. The number of nitrogens with one attached hydrogen (secondary N) is 1. The Labute approximate surface area is 95.6 Å². The monoisotopic (exact) mass is 301 g/mol. The van der Waals surface area contributed by atoms with Crippen LogP contribution in [0.3, 0.4) is 0 Å². The van der Waals surface area contributed by atoms with Crippen LogP contribution in [-0.4, -0.2) is 13.8 Å². The molecule has 0 aliphatic carbocycles. The van der Waals surface area contributed by atoms with Crippen LogP contribution in [0.5, 0.6) is 0 Å². The van der Waals surface area contributed by atoms with Gasteiger partial charge in [-0.3, -0.25) is 5.32 Å². The molecule has 12 heavy (non-hydrogen) atoms. The van der Waals surface area contributed by atoms with Crippen LogP contribution in [0.4, 0.5) is 0 Å². The summed E-state index contributed by atoms with van der Waals surface area (Å²) in [4.78, 5) is 0. The number of alkyl halides is 1. The molecule has 0 saturated heterocycles. The van der Waals surface area contributed by atoms with Crippen LogP contribution < -0.4 is 5.32 Å². The van der Waals surface area contributed by atoms with E-state index in [1.54, 1.807) is 0 Å². The van der Waals surface area contributed by atoms with Gasteiger partial charge >= 0.3 is 0 Å². The van der Waals surface area contributed by atoms with E-state index in [0.29, 0.717) is 0 Å². The molecule has 0 heterocycles. The Hall–Kier alpha value is 1.04. The van der Waals surface area contributed by atoms with E-state index in [9.17, 15) is 0 Å². The molecule has 0 rings (SSSR count). The van der Waals surface area contributed by atoms with Gasteiger partial charge < -0.3 is 0 Å². The van der Waals surface area contributed by atoms with E-state index in [1.165, 1.54) is 0 Å². The zero-order chi connectivity index (χ0) is 10.2. The van der Waals surface area contributed by atoms with Crippen molar-refractivity contribution in [3.8, 4) is 0 Å². The molecule has 0 spiro atoms. The molecule has 74 valence electrons. The number of rotatable bonds is 3. The molecular formula is C9H20INS. The third kappa shape index (κ3) is 4.33. The van der Waals surface area contributed by atoms with Crippen molar-refractivity contribution in [2.75, 3.05) is 0 Å². The average Bonchev–Trinajstić information content (AvgIpc) is 1.52. The molecule has 0 aliphatic rings. The Kier molecular flexibility index (Phi) is 3.97. The maximum absolute atomic E-state index is 4.58. The van der Waals surface area contributed by atoms with Crippen molar-refractivity contribution in [3.05, 3.63) is 0 Å². The molecule has 0 amide bonds. The molecule has 0 aromatic rings. The minimum atomic E-state index is -0.0184. The van der Waals surface area contributed by atoms with Crippen LogP contribution in [0, 0.1) is 0 Å². The first-order valence-electron chi connectivity index (χ1n) is 4.16. The molecule has 0 aromatic carbocycles. The Morgan fingerprint density at radius 1 is 1.00 bits per heavy atom. The van der Waals surface area contributed by atoms with Crippen molar-refractivity contribution in [3.63, 3.8) is 0 Å². The highest BCUT2D eigenvalue weighted by atomic mass is 127. The molecule has 1 nitrogen and oxygen atoms in total. The predicted octanol–water partition coefficient (Wildman–Crippen LogP) is 3.23. The highest BCUT2D eigenvalue weighted by Crippen LogP contribution is 2.30. The van der Waals surface area contributed by atoms with Crippen LogP contribution in [0.25, 0.3) is 0 Å². The van der Waals surface area contributed by atoms with E-state index in [2.05, 4.69) is 82.1 Å². The summed E-state index contributed by atoms with van der Waals surface area (Å²) in [5.41, 5.74) is 0.0286. The molecule has 3 heteroatoms. The van der Waals surface area contributed by atoms with Crippen LogP contribution in [0.2, 0.25) is 0 Å². The van der Waals surface area contributed by atoms with Crippen LogP contribution in [0.1, 0.15) is 41.5 Å². The first-order valence-corrected chi connectivity index (χ1v) is 5.69. The average molecular weight is 301 g/mol. The Bertz CT molecular complexity index is 153. The van der Waals surface area contributed by atoms with Gasteiger partial charge in [-0.15, -0.1) is 0 Å². The second-order valence-corrected chi connectivity index (χ2v) is 8.60. The molecule has 0 bridgehead atoms. The van der Waals surface area contributed by atoms with Gasteiger partial charge in [0.05, 0.1) is 3.55 Å². The number of hydrogen-bond acceptors (Lipinski definition) is 2. The third-order valence-corrected chi connectivity index (χ3v) is 2.97. The largest absolute Gasteiger partial charge is 0.297 e. The van der Waals surface area contributed by atoms with Gasteiger partial charge in [-0.1, -0.05) is 22.6 Å². The summed E-state index contributed by atoms with van der Waals surface area (Å²) >= 11 is 6.98. The molecule has 0 aliphatic heterocycles. The van der Waals surface area contributed by atoms with E-state index in [1.807, 2.05) is 0 Å². The summed E-state index contributed by atoms with van der Waals surface area (Å²) in [6.45, 7) is 12.9. The van der Waals surface area contributed by atoms with E-state index >= 15 is 0 Å². The van der Waals surface area contributed by atoms with Crippen molar-refractivity contribution in [1.29, 1.82) is 0 Å². The van der Waals surface area contributed by atoms with Crippen LogP contribution >= 0.6 is 35.2 Å². The molecule has 0 fully saturated rings. The van der Waals surface area contributed by atoms with Gasteiger partial charge in [0, 0.05) is 10.3 Å². The van der Waals surface area contributed by atoms with E-state index in [4.69, 9.17) is 0 Å².